The van der Waals surface area contributed by atoms with Gasteiger partial charge in [-0.2, -0.15) is 10.4 Å². The summed E-state index contributed by atoms with van der Waals surface area (Å²) < 4.78 is 5.01. The molecule has 0 aliphatic rings. The average Bonchev–Trinajstić information content (AvgIpc) is 3.08. The van der Waals surface area contributed by atoms with Gasteiger partial charge >= 0.3 is 0 Å². The topological polar surface area (TPSA) is 107 Å². The molecular formula is C16H14N4O3. The van der Waals surface area contributed by atoms with Crippen LogP contribution in [0, 0.1) is 11.3 Å². The van der Waals surface area contributed by atoms with E-state index in [1.54, 1.807) is 49.4 Å². The average molecular weight is 310 g/mol. The maximum atomic E-state index is 11.8. The van der Waals surface area contributed by atoms with E-state index in [9.17, 15) is 9.59 Å². The van der Waals surface area contributed by atoms with E-state index in [-0.39, 0.29) is 18.1 Å². The molecule has 7 nitrogen and oxygen atoms in total. The van der Waals surface area contributed by atoms with Crippen molar-refractivity contribution in [2.45, 2.75) is 13.3 Å². The Balaban J connectivity index is 1.99. The predicted octanol–water partition coefficient (Wildman–Crippen LogP) is 2.29. The molecule has 7 heteroatoms. The van der Waals surface area contributed by atoms with Gasteiger partial charge in [0.25, 0.3) is 11.8 Å². The van der Waals surface area contributed by atoms with E-state index in [1.165, 1.54) is 6.26 Å². The molecule has 0 unspecified atom stereocenters. The highest BCUT2D eigenvalue weighted by atomic mass is 16.3. The van der Waals surface area contributed by atoms with Crippen LogP contribution in [0.15, 0.2) is 52.2 Å². The SMILES string of the molecule is C/C(=N/NC(=O)CC#N)c1ccc(NC(=O)c2ccco2)cc1. The zero-order valence-electron chi connectivity index (χ0n) is 12.4. The Morgan fingerprint density at radius 1 is 1.26 bits per heavy atom. The molecule has 2 rings (SSSR count). The summed E-state index contributed by atoms with van der Waals surface area (Å²) in [6, 6.07) is 11.9. The zero-order chi connectivity index (χ0) is 16.7. The standard InChI is InChI=1S/C16H14N4O3/c1-11(19-20-15(21)8-9-17)12-4-6-13(7-5-12)18-16(22)14-3-2-10-23-14/h2-7,10H,8H2,1H3,(H,18,22)(H,20,21)/b19-11-. The third-order valence-electron chi connectivity index (χ3n) is 2.89. The van der Waals surface area contributed by atoms with E-state index in [0.29, 0.717) is 11.4 Å². The smallest absolute Gasteiger partial charge is 0.291 e. The number of amides is 2. The molecular weight excluding hydrogens is 296 g/mol. The highest BCUT2D eigenvalue weighted by Crippen LogP contribution is 2.12. The fraction of sp³-hybridized carbons (Fsp3) is 0.125. The van der Waals surface area contributed by atoms with Gasteiger partial charge in [0.2, 0.25) is 0 Å². The summed E-state index contributed by atoms with van der Waals surface area (Å²) in [5.74, 6) is -0.571. The number of anilines is 1. The number of hydrogen-bond donors (Lipinski definition) is 2. The molecule has 0 aliphatic carbocycles. The fourth-order valence-corrected chi connectivity index (χ4v) is 1.72. The Hall–Kier alpha value is -3.40. The van der Waals surface area contributed by atoms with Crippen molar-refractivity contribution < 1.29 is 14.0 Å². The van der Waals surface area contributed by atoms with Crippen molar-refractivity contribution >= 4 is 23.2 Å². The van der Waals surface area contributed by atoms with Gasteiger partial charge in [0.15, 0.2) is 5.76 Å². The molecule has 0 radical (unpaired) electrons. The van der Waals surface area contributed by atoms with Gasteiger partial charge in [-0.3, -0.25) is 9.59 Å². The maximum absolute atomic E-state index is 11.8. The molecule has 0 bridgehead atoms. The highest BCUT2D eigenvalue weighted by Gasteiger charge is 2.08. The molecule has 2 amide bonds. The molecule has 0 atom stereocenters. The Morgan fingerprint density at radius 3 is 2.61 bits per heavy atom. The van der Waals surface area contributed by atoms with Crippen LogP contribution in [0.5, 0.6) is 0 Å². The molecule has 0 saturated carbocycles. The van der Waals surface area contributed by atoms with E-state index in [2.05, 4.69) is 15.8 Å². The lowest BCUT2D eigenvalue weighted by Gasteiger charge is -2.05. The van der Waals surface area contributed by atoms with E-state index in [1.807, 2.05) is 0 Å². The lowest BCUT2D eigenvalue weighted by molar-refractivity contribution is -0.120. The van der Waals surface area contributed by atoms with Crippen LogP contribution in [-0.2, 0) is 4.79 Å². The Morgan fingerprint density at radius 2 is 2.00 bits per heavy atom. The largest absolute Gasteiger partial charge is 0.459 e. The molecule has 1 heterocycles. The first-order valence-electron chi connectivity index (χ1n) is 6.75. The van der Waals surface area contributed by atoms with Crippen LogP contribution in [-0.4, -0.2) is 17.5 Å². The molecule has 2 aromatic rings. The number of rotatable bonds is 5. The molecule has 2 N–H and O–H groups in total. The molecule has 0 fully saturated rings. The molecule has 0 saturated heterocycles. The number of nitrogens with one attached hydrogen (secondary N) is 2. The van der Waals surface area contributed by atoms with Crippen molar-refractivity contribution in [3.8, 4) is 6.07 Å². The van der Waals surface area contributed by atoms with Gasteiger partial charge in [0.05, 0.1) is 18.0 Å². The highest BCUT2D eigenvalue weighted by molar-refractivity contribution is 6.03. The molecule has 0 aliphatic heterocycles. The summed E-state index contributed by atoms with van der Waals surface area (Å²) in [7, 11) is 0. The van der Waals surface area contributed by atoms with Crippen LogP contribution in [0.3, 0.4) is 0 Å². The van der Waals surface area contributed by atoms with Gasteiger partial charge in [-0.15, -0.1) is 0 Å². The van der Waals surface area contributed by atoms with Crippen molar-refractivity contribution in [1.29, 1.82) is 5.26 Å². The van der Waals surface area contributed by atoms with Gasteiger partial charge in [0.1, 0.15) is 6.42 Å². The van der Waals surface area contributed by atoms with Gasteiger partial charge < -0.3 is 9.73 Å². The number of hydrazone groups is 1. The van der Waals surface area contributed by atoms with E-state index in [0.717, 1.165) is 5.56 Å². The second-order valence-corrected chi connectivity index (χ2v) is 4.58. The number of nitrogens with zero attached hydrogens (tertiary/aromatic N) is 2. The third-order valence-corrected chi connectivity index (χ3v) is 2.89. The number of carbonyl (C=O) groups excluding carboxylic acids is 2. The zero-order valence-corrected chi connectivity index (χ0v) is 12.4. The summed E-state index contributed by atoms with van der Waals surface area (Å²) >= 11 is 0. The predicted molar refractivity (Wildman–Crippen MR) is 83.7 cm³/mol. The molecule has 116 valence electrons. The lowest BCUT2D eigenvalue weighted by atomic mass is 10.1. The number of nitriles is 1. The van der Waals surface area contributed by atoms with Gasteiger partial charge in [-0.05, 0) is 36.8 Å². The van der Waals surface area contributed by atoms with Crippen LogP contribution in [0.2, 0.25) is 0 Å². The van der Waals surface area contributed by atoms with Gasteiger partial charge in [-0.1, -0.05) is 12.1 Å². The van der Waals surface area contributed by atoms with Crippen LogP contribution < -0.4 is 10.7 Å². The number of carbonyl (C=O) groups is 2. The van der Waals surface area contributed by atoms with Crippen molar-refractivity contribution in [3.63, 3.8) is 0 Å². The number of benzene rings is 1. The van der Waals surface area contributed by atoms with Crippen LogP contribution in [0.25, 0.3) is 0 Å². The van der Waals surface area contributed by atoms with Crippen LogP contribution >= 0.6 is 0 Å². The minimum atomic E-state index is -0.464. The summed E-state index contributed by atoms with van der Waals surface area (Å²) in [4.78, 5) is 23.0. The minimum Gasteiger partial charge on any atom is -0.459 e. The second-order valence-electron chi connectivity index (χ2n) is 4.58. The van der Waals surface area contributed by atoms with Crippen molar-refractivity contribution in [3.05, 3.63) is 54.0 Å². The van der Waals surface area contributed by atoms with Crippen molar-refractivity contribution in [2.24, 2.45) is 5.10 Å². The first-order chi connectivity index (χ1) is 11.1. The Labute approximate surface area is 132 Å². The Bertz CT molecular complexity index is 756. The number of furan rings is 1. The van der Waals surface area contributed by atoms with Crippen molar-refractivity contribution in [2.75, 3.05) is 5.32 Å². The van der Waals surface area contributed by atoms with Crippen LogP contribution in [0.4, 0.5) is 5.69 Å². The van der Waals surface area contributed by atoms with Crippen molar-refractivity contribution in [1.82, 2.24) is 5.43 Å². The first-order valence-corrected chi connectivity index (χ1v) is 6.75. The van der Waals surface area contributed by atoms with Gasteiger partial charge in [0, 0.05) is 5.69 Å². The summed E-state index contributed by atoms with van der Waals surface area (Å²) in [5, 5.41) is 15.0. The van der Waals surface area contributed by atoms with Crippen LogP contribution in [0.1, 0.15) is 29.5 Å². The van der Waals surface area contributed by atoms with E-state index < -0.39 is 5.91 Å². The third kappa shape index (κ3) is 4.54. The monoisotopic (exact) mass is 310 g/mol. The molecule has 23 heavy (non-hydrogen) atoms. The normalized spacial score (nSPS) is 10.7. The quantitative estimate of drug-likeness (QED) is 0.652. The minimum absolute atomic E-state index is 0.229. The lowest BCUT2D eigenvalue weighted by Crippen LogP contribution is -2.18. The van der Waals surface area contributed by atoms with Gasteiger partial charge in [-0.25, -0.2) is 5.43 Å². The summed E-state index contributed by atoms with van der Waals surface area (Å²) in [6.45, 7) is 1.73. The molecule has 0 spiro atoms. The molecule has 1 aromatic carbocycles. The summed E-state index contributed by atoms with van der Waals surface area (Å²) in [5.41, 5.74) is 4.26. The van der Waals surface area contributed by atoms with E-state index >= 15 is 0 Å². The summed E-state index contributed by atoms with van der Waals surface area (Å²) in [6.07, 6.45) is 1.19. The maximum Gasteiger partial charge on any atom is 0.291 e. The first kappa shape index (κ1) is 16.0. The number of hydrogen-bond acceptors (Lipinski definition) is 5. The van der Waals surface area contributed by atoms with E-state index in [4.69, 9.17) is 9.68 Å². The fourth-order valence-electron chi connectivity index (χ4n) is 1.72. The molecule has 1 aromatic heterocycles. The second kappa shape index (κ2) is 7.56. The Kier molecular flexibility index (Phi) is 5.25.